The van der Waals surface area contributed by atoms with E-state index in [-0.39, 0.29) is 0 Å². The van der Waals surface area contributed by atoms with E-state index in [4.69, 9.17) is 0 Å². The van der Waals surface area contributed by atoms with Crippen molar-refractivity contribution in [3.8, 4) is 0 Å². The highest BCUT2D eigenvalue weighted by Gasteiger charge is 2.30. The van der Waals surface area contributed by atoms with E-state index in [9.17, 15) is 13.2 Å². The largest absolute Gasteiger partial charge is 0.416 e. The monoisotopic (exact) mass is 286 g/mol. The van der Waals surface area contributed by atoms with Crippen LogP contribution in [0.15, 0.2) is 24.3 Å². The number of hydrogen-bond acceptors (Lipinski definition) is 2. The molecule has 1 aliphatic heterocycles. The number of nitrogens with one attached hydrogen (secondary N) is 1. The minimum atomic E-state index is -4.26. The van der Waals surface area contributed by atoms with Crippen LogP contribution in [0.1, 0.15) is 25.8 Å². The second-order valence-corrected chi connectivity index (χ2v) is 5.71. The summed E-state index contributed by atoms with van der Waals surface area (Å²) in [5.74, 6) is 0.569. The summed E-state index contributed by atoms with van der Waals surface area (Å²) in [5, 5.41) is 3.41. The van der Waals surface area contributed by atoms with Crippen molar-refractivity contribution < 1.29 is 13.2 Å². The maximum Gasteiger partial charge on any atom is 0.416 e. The Morgan fingerprint density at radius 1 is 1.25 bits per heavy atom. The summed E-state index contributed by atoms with van der Waals surface area (Å²) in [6, 6.07) is 5.93. The molecule has 1 aromatic rings. The molecular formula is C15H21F3N2. The Morgan fingerprint density at radius 2 is 1.90 bits per heavy atom. The van der Waals surface area contributed by atoms with Crippen LogP contribution in [0.5, 0.6) is 0 Å². The fraction of sp³-hybridized carbons (Fsp3) is 0.600. The number of rotatable bonds is 4. The average molecular weight is 286 g/mol. The molecule has 0 aliphatic carbocycles. The summed E-state index contributed by atoms with van der Waals surface area (Å²) in [7, 11) is 0. The summed E-state index contributed by atoms with van der Waals surface area (Å²) in [6.07, 6.45) is -3.17. The molecule has 2 nitrogen and oxygen atoms in total. The third-order valence-electron chi connectivity index (χ3n) is 3.66. The highest BCUT2D eigenvalue weighted by molar-refractivity contribution is 5.49. The van der Waals surface area contributed by atoms with E-state index in [1.807, 2.05) is 0 Å². The molecule has 1 aliphatic rings. The molecule has 1 aromatic carbocycles. The van der Waals surface area contributed by atoms with Crippen molar-refractivity contribution in [2.24, 2.45) is 5.92 Å². The fourth-order valence-corrected chi connectivity index (χ4v) is 2.50. The van der Waals surface area contributed by atoms with Crippen LogP contribution in [0.2, 0.25) is 0 Å². The van der Waals surface area contributed by atoms with E-state index in [2.05, 4.69) is 24.1 Å². The molecule has 0 spiro atoms. The fourth-order valence-electron chi connectivity index (χ4n) is 2.50. The van der Waals surface area contributed by atoms with Gasteiger partial charge >= 0.3 is 6.18 Å². The van der Waals surface area contributed by atoms with Crippen molar-refractivity contribution >= 4 is 5.69 Å². The third kappa shape index (κ3) is 3.88. The molecule has 0 radical (unpaired) electrons. The predicted molar refractivity (Wildman–Crippen MR) is 74.9 cm³/mol. The molecular weight excluding hydrogens is 265 g/mol. The number of nitrogens with zero attached hydrogens (tertiary/aromatic N) is 1. The minimum Gasteiger partial charge on any atom is -0.371 e. The van der Waals surface area contributed by atoms with Gasteiger partial charge in [0.05, 0.1) is 5.56 Å². The van der Waals surface area contributed by atoms with Gasteiger partial charge in [-0.15, -0.1) is 0 Å². The Labute approximate surface area is 118 Å². The van der Waals surface area contributed by atoms with E-state index < -0.39 is 11.7 Å². The molecule has 1 N–H and O–H groups in total. The van der Waals surface area contributed by atoms with Crippen molar-refractivity contribution in [1.82, 2.24) is 5.32 Å². The lowest BCUT2D eigenvalue weighted by Crippen LogP contribution is -2.30. The highest BCUT2D eigenvalue weighted by Crippen LogP contribution is 2.31. The Morgan fingerprint density at radius 3 is 2.45 bits per heavy atom. The number of alkyl halides is 3. The van der Waals surface area contributed by atoms with Crippen LogP contribution in [0.4, 0.5) is 18.9 Å². The zero-order chi connectivity index (χ0) is 14.8. The highest BCUT2D eigenvalue weighted by atomic mass is 19.4. The molecule has 1 atom stereocenters. The van der Waals surface area contributed by atoms with Crippen molar-refractivity contribution in [1.29, 1.82) is 0 Å². The first-order valence-electron chi connectivity index (χ1n) is 7.02. The van der Waals surface area contributed by atoms with Gasteiger partial charge in [-0.3, -0.25) is 0 Å². The summed E-state index contributed by atoms with van der Waals surface area (Å²) >= 11 is 0. The lowest BCUT2D eigenvalue weighted by Gasteiger charge is -2.20. The predicted octanol–water partition coefficient (Wildman–Crippen LogP) is 3.53. The van der Waals surface area contributed by atoms with Gasteiger partial charge in [-0.2, -0.15) is 13.2 Å². The van der Waals surface area contributed by atoms with Gasteiger partial charge in [0.1, 0.15) is 0 Å². The molecule has 1 fully saturated rings. The molecule has 2 rings (SSSR count). The molecule has 1 saturated heterocycles. The summed E-state index contributed by atoms with van der Waals surface area (Å²) in [4.78, 5) is 2.16. The minimum absolute atomic E-state index is 0.468. The van der Waals surface area contributed by atoms with E-state index in [0.29, 0.717) is 12.0 Å². The summed E-state index contributed by atoms with van der Waals surface area (Å²) in [5.41, 5.74) is 0.295. The van der Waals surface area contributed by atoms with Gasteiger partial charge in [-0.1, -0.05) is 13.8 Å². The van der Waals surface area contributed by atoms with E-state index in [1.54, 1.807) is 12.1 Å². The molecule has 5 heteroatoms. The first kappa shape index (κ1) is 15.2. The van der Waals surface area contributed by atoms with Gasteiger partial charge in [0.25, 0.3) is 0 Å². The van der Waals surface area contributed by atoms with Gasteiger partial charge in [0.2, 0.25) is 0 Å². The zero-order valence-electron chi connectivity index (χ0n) is 11.9. The Balaban J connectivity index is 1.93. The molecule has 0 amide bonds. The second kappa shape index (κ2) is 6.04. The van der Waals surface area contributed by atoms with Crippen LogP contribution in [0.3, 0.4) is 0 Å². The lowest BCUT2D eigenvalue weighted by molar-refractivity contribution is -0.137. The first-order valence-corrected chi connectivity index (χ1v) is 7.02. The van der Waals surface area contributed by atoms with Gasteiger partial charge in [0.15, 0.2) is 0 Å². The molecule has 20 heavy (non-hydrogen) atoms. The Hall–Kier alpha value is -1.23. The standard InChI is InChI=1S/C15H21F3N2/c1-11(2)19-9-12-7-8-20(10-12)14-5-3-13(4-6-14)15(16,17)18/h3-6,11-12,19H,7-10H2,1-2H3. The van der Waals surface area contributed by atoms with Crippen LogP contribution in [0, 0.1) is 5.92 Å². The third-order valence-corrected chi connectivity index (χ3v) is 3.66. The topological polar surface area (TPSA) is 15.3 Å². The van der Waals surface area contributed by atoms with Crippen molar-refractivity contribution in [2.45, 2.75) is 32.5 Å². The number of anilines is 1. The Bertz CT molecular complexity index is 426. The molecule has 0 saturated carbocycles. The van der Waals surface area contributed by atoms with Gasteiger partial charge in [-0.05, 0) is 43.1 Å². The van der Waals surface area contributed by atoms with Crippen LogP contribution in [-0.2, 0) is 6.18 Å². The van der Waals surface area contributed by atoms with Crippen LogP contribution in [-0.4, -0.2) is 25.7 Å². The normalized spacial score (nSPS) is 19.9. The summed E-state index contributed by atoms with van der Waals surface area (Å²) < 4.78 is 37.5. The van der Waals surface area contributed by atoms with Gasteiger partial charge in [0, 0.05) is 24.8 Å². The Kier molecular flexibility index (Phi) is 4.58. The van der Waals surface area contributed by atoms with Gasteiger partial charge in [-0.25, -0.2) is 0 Å². The molecule has 1 unspecified atom stereocenters. The SMILES string of the molecule is CC(C)NCC1CCN(c2ccc(C(F)(F)F)cc2)C1. The maximum atomic E-state index is 12.5. The second-order valence-electron chi connectivity index (χ2n) is 5.71. The smallest absolute Gasteiger partial charge is 0.371 e. The van der Waals surface area contributed by atoms with E-state index in [1.165, 1.54) is 0 Å². The van der Waals surface area contributed by atoms with Crippen LogP contribution >= 0.6 is 0 Å². The number of halogens is 3. The molecule has 0 bridgehead atoms. The zero-order valence-corrected chi connectivity index (χ0v) is 11.9. The maximum absolute atomic E-state index is 12.5. The van der Waals surface area contributed by atoms with Crippen molar-refractivity contribution in [3.05, 3.63) is 29.8 Å². The van der Waals surface area contributed by atoms with Crippen molar-refractivity contribution in [3.63, 3.8) is 0 Å². The number of benzene rings is 1. The molecule has 0 aromatic heterocycles. The molecule has 112 valence electrons. The number of hydrogen-bond donors (Lipinski definition) is 1. The quantitative estimate of drug-likeness (QED) is 0.911. The lowest BCUT2D eigenvalue weighted by atomic mass is 10.1. The van der Waals surface area contributed by atoms with Crippen molar-refractivity contribution in [2.75, 3.05) is 24.5 Å². The van der Waals surface area contributed by atoms with Gasteiger partial charge < -0.3 is 10.2 Å². The van der Waals surface area contributed by atoms with E-state index in [0.717, 1.165) is 43.9 Å². The molecule has 1 heterocycles. The average Bonchev–Trinajstić information content (AvgIpc) is 2.84. The first-order chi connectivity index (χ1) is 9.36. The summed E-state index contributed by atoms with van der Waals surface area (Å²) in [6.45, 7) is 7.01. The van der Waals surface area contributed by atoms with Crippen LogP contribution < -0.4 is 10.2 Å². The van der Waals surface area contributed by atoms with Crippen LogP contribution in [0.25, 0.3) is 0 Å². The van der Waals surface area contributed by atoms with E-state index >= 15 is 0 Å².